The molecule has 102 valence electrons. The smallest absolute Gasteiger partial charge is 0.243 e. The highest BCUT2D eigenvalue weighted by Crippen LogP contribution is 2.18. The van der Waals surface area contributed by atoms with Gasteiger partial charge < -0.3 is 4.74 Å². The van der Waals surface area contributed by atoms with E-state index in [1.54, 1.807) is 45.3 Å². The van der Waals surface area contributed by atoms with Crippen LogP contribution in [0.2, 0.25) is 0 Å². The summed E-state index contributed by atoms with van der Waals surface area (Å²) in [4.78, 5) is 0.266. The topological polar surface area (TPSA) is 46.6 Å². The van der Waals surface area contributed by atoms with Gasteiger partial charge in [0.05, 0.1) is 11.5 Å². The summed E-state index contributed by atoms with van der Waals surface area (Å²) in [5, 5.41) is 0. The van der Waals surface area contributed by atoms with Crippen molar-refractivity contribution >= 4 is 21.6 Å². The van der Waals surface area contributed by atoms with Gasteiger partial charge >= 0.3 is 0 Å². The summed E-state index contributed by atoms with van der Waals surface area (Å²) < 4.78 is 30.9. The predicted molar refractivity (Wildman–Crippen MR) is 72.3 cm³/mol. The molecule has 1 aromatic rings. The average molecular weight is 292 g/mol. The largest absolute Gasteiger partial charge is 0.383 e. The highest BCUT2D eigenvalue weighted by atomic mass is 35.5. The van der Waals surface area contributed by atoms with E-state index in [9.17, 15) is 8.42 Å². The lowest BCUT2D eigenvalue weighted by atomic mass is 10.2. The van der Waals surface area contributed by atoms with Gasteiger partial charge in [-0.1, -0.05) is 12.1 Å². The van der Waals surface area contributed by atoms with Crippen LogP contribution in [0.1, 0.15) is 12.5 Å². The molecule has 1 rings (SSSR count). The highest BCUT2D eigenvalue weighted by molar-refractivity contribution is 7.89. The van der Waals surface area contributed by atoms with Crippen molar-refractivity contribution in [3.8, 4) is 0 Å². The lowest BCUT2D eigenvalue weighted by molar-refractivity contribution is 0.149. The molecule has 0 saturated carbocycles. The fraction of sp³-hybridized carbons (Fsp3) is 0.500. The summed E-state index contributed by atoms with van der Waals surface area (Å²) >= 11 is 5.67. The molecule has 1 aromatic carbocycles. The molecule has 0 heterocycles. The van der Waals surface area contributed by atoms with Crippen LogP contribution in [0.25, 0.3) is 0 Å². The Balaban J connectivity index is 2.97. The maximum absolute atomic E-state index is 12.3. The fourth-order valence-electron chi connectivity index (χ4n) is 1.50. The Kier molecular flexibility index (Phi) is 5.59. The molecule has 1 unspecified atom stereocenters. The minimum Gasteiger partial charge on any atom is -0.383 e. The summed E-state index contributed by atoms with van der Waals surface area (Å²) in [6.45, 7) is 2.16. The van der Waals surface area contributed by atoms with Gasteiger partial charge in [0.1, 0.15) is 0 Å². The first-order valence-electron chi connectivity index (χ1n) is 5.55. The monoisotopic (exact) mass is 291 g/mol. The summed E-state index contributed by atoms with van der Waals surface area (Å²) in [7, 11) is -0.377. The molecule has 0 N–H and O–H groups in total. The molecular formula is C12H18ClNO3S. The van der Waals surface area contributed by atoms with Gasteiger partial charge in [-0.25, -0.2) is 8.42 Å². The van der Waals surface area contributed by atoms with Gasteiger partial charge in [0.25, 0.3) is 0 Å². The zero-order valence-corrected chi connectivity index (χ0v) is 12.3. The number of hydrogen-bond acceptors (Lipinski definition) is 3. The molecular weight excluding hydrogens is 274 g/mol. The third-order valence-electron chi connectivity index (χ3n) is 2.78. The Morgan fingerprint density at radius 2 is 1.89 bits per heavy atom. The van der Waals surface area contributed by atoms with Gasteiger partial charge in [0, 0.05) is 26.1 Å². The van der Waals surface area contributed by atoms with E-state index in [0.29, 0.717) is 12.5 Å². The van der Waals surface area contributed by atoms with Crippen molar-refractivity contribution in [3.05, 3.63) is 29.8 Å². The Labute approximate surface area is 114 Å². The number of likely N-dealkylation sites (N-methyl/N-ethyl adjacent to an activating group) is 1. The minimum absolute atomic E-state index is 0.215. The molecule has 0 radical (unpaired) electrons. The molecule has 4 nitrogen and oxygen atoms in total. The van der Waals surface area contributed by atoms with Crippen molar-refractivity contribution in [1.82, 2.24) is 4.31 Å². The van der Waals surface area contributed by atoms with Crippen LogP contribution in [-0.2, 0) is 20.6 Å². The number of rotatable bonds is 6. The molecule has 0 amide bonds. The van der Waals surface area contributed by atoms with E-state index in [2.05, 4.69) is 0 Å². The zero-order valence-electron chi connectivity index (χ0n) is 10.8. The Bertz CT molecular complexity index is 473. The van der Waals surface area contributed by atoms with Gasteiger partial charge in [-0.3, -0.25) is 0 Å². The van der Waals surface area contributed by atoms with Crippen LogP contribution in [0, 0.1) is 0 Å². The third kappa shape index (κ3) is 3.45. The van der Waals surface area contributed by atoms with E-state index in [-0.39, 0.29) is 10.9 Å². The molecule has 18 heavy (non-hydrogen) atoms. The Morgan fingerprint density at radius 3 is 2.33 bits per heavy atom. The van der Waals surface area contributed by atoms with Crippen LogP contribution < -0.4 is 0 Å². The van der Waals surface area contributed by atoms with Crippen molar-refractivity contribution in [2.75, 3.05) is 20.8 Å². The Morgan fingerprint density at radius 1 is 1.33 bits per heavy atom. The molecule has 1 atom stereocenters. The van der Waals surface area contributed by atoms with Gasteiger partial charge in [-0.05, 0) is 24.6 Å². The SMILES string of the molecule is COCC(C)N(C)S(=O)(=O)c1ccc(CCl)cc1. The molecule has 0 spiro atoms. The standard InChI is InChI=1S/C12H18ClNO3S/c1-10(9-17-3)14(2)18(15,16)12-6-4-11(8-13)5-7-12/h4-7,10H,8-9H2,1-3H3. The van der Waals surface area contributed by atoms with Crippen molar-refractivity contribution in [2.45, 2.75) is 23.7 Å². The van der Waals surface area contributed by atoms with E-state index in [4.69, 9.17) is 16.3 Å². The van der Waals surface area contributed by atoms with Crippen molar-refractivity contribution < 1.29 is 13.2 Å². The van der Waals surface area contributed by atoms with Crippen molar-refractivity contribution in [1.29, 1.82) is 0 Å². The maximum atomic E-state index is 12.3. The number of benzene rings is 1. The molecule has 0 aliphatic heterocycles. The molecule has 0 saturated heterocycles. The number of alkyl halides is 1. The summed E-state index contributed by atoms with van der Waals surface area (Å²) in [6.07, 6.45) is 0. The number of sulfonamides is 1. The minimum atomic E-state index is -3.48. The number of ether oxygens (including phenoxy) is 1. The lowest BCUT2D eigenvalue weighted by Crippen LogP contribution is -2.37. The van der Waals surface area contributed by atoms with E-state index < -0.39 is 10.0 Å². The summed E-state index contributed by atoms with van der Waals surface area (Å²) in [5.41, 5.74) is 0.892. The van der Waals surface area contributed by atoms with E-state index >= 15 is 0 Å². The number of nitrogens with zero attached hydrogens (tertiary/aromatic N) is 1. The van der Waals surface area contributed by atoms with Crippen LogP contribution in [0.4, 0.5) is 0 Å². The summed E-state index contributed by atoms with van der Waals surface area (Å²) in [6, 6.07) is 6.36. The fourth-order valence-corrected chi connectivity index (χ4v) is 3.03. The van der Waals surface area contributed by atoms with Gasteiger partial charge in [0.15, 0.2) is 0 Å². The first-order valence-corrected chi connectivity index (χ1v) is 7.52. The third-order valence-corrected chi connectivity index (χ3v) is 5.08. The van der Waals surface area contributed by atoms with Crippen molar-refractivity contribution in [3.63, 3.8) is 0 Å². The summed E-state index contributed by atoms with van der Waals surface area (Å²) in [5.74, 6) is 0.371. The highest BCUT2D eigenvalue weighted by Gasteiger charge is 2.25. The second kappa shape index (κ2) is 6.52. The molecule has 6 heteroatoms. The van der Waals surface area contributed by atoms with Crippen LogP contribution in [0.3, 0.4) is 0 Å². The van der Waals surface area contributed by atoms with Gasteiger partial charge in [0.2, 0.25) is 10.0 Å². The molecule has 0 fully saturated rings. The normalized spacial score (nSPS) is 13.8. The first kappa shape index (κ1) is 15.4. The Hall–Kier alpha value is -0.620. The van der Waals surface area contributed by atoms with Crippen LogP contribution in [-0.4, -0.2) is 39.5 Å². The second-order valence-electron chi connectivity index (χ2n) is 4.10. The zero-order chi connectivity index (χ0) is 13.8. The predicted octanol–water partition coefficient (Wildman–Crippen LogP) is 2.08. The molecule has 0 aliphatic rings. The lowest BCUT2D eigenvalue weighted by Gasteiger charge is -2.23. The molecule has 0 aromatic heterocycles. The van der Waals surface area contributed by atoms with E-state index in [1.165, 1.54) is 4.31 Å². The number of methoxy groups -OCH3 is 1. The van der Waals surface area contributed by atoms with Crippen LogP contribution in [0.5, 0.6) is 0 Å². The van der Waals surface area contributed by atoms with E-state index in [1.807, 2.05) is 0 Å². The average Bonchev–Trinajstić information content (AvgIpc) is 2.38. The second-order valence-corrected chi connectivity index (χ2v) is 6.37. The number of halogens is 1. The van der Waals surface area contributed by atoms with Crippen LogP contribution in [0.15, 0.2) is 29.2 Å². The maximum Gasteiger partial charge on any atom is 0.243 e. The molecule has 0 aliphatic carbocycles. The van der Waals surface area contributed by atoms with Crippen LogP contribution >= 0.6 is 11.6 Å². The van der Waals surface area contributed by atoms with Gasteiger partial charge in [-0.2, -0.15) is 4.31 Å². The number of hydrogen-bond donors (Lipinski definition) is 0. The molecule has 0 bridgehead atoms. The quantitative estimate of drug-likeness (QED) is 0.754. The van der Waals surface area contributed by atoms with Crippen molar-refractivity contribution in [2.24, 2.45) is 0 Å². The van der Waals surface area contributed by atoms with Gasteiger partial charge in [-0.15, -0.1) is 11.6 Å². The first-order chi connectivity index (χ1) is 8.43. The van der Waals surface area contributed by atoms with E-state index in [0.717, 1.165) is 5.56 Å².